The number of hydrogen-bond acceptors (Lipinski definition) is 2. The molecule has 4 heteroatoms. The number of aromatic nitrogens is 2. The summed E-state index contributed by atoms with van der Waals surface area (Å²) in [5, 5.41) is 0.778. The molecule has 0 saturated carbocycles. The number of para-hydroxylation sites is 1. The minimum absolute atomic E-state index is 0.0236. The van der Waals surface area contributed by atoms with Gasteiger partial charge in [0.2, 0.25) is 0 Å². The molecule has 5 rings (SSSR count). The van der Waals surface area contributed by atoms with E-state index in [-0.39, 0.29) is 5.56 Å². The maximum absolute atomic E-state index is 13.5. The van der Waals surface area contributed by atoms with Crippen LogP contribution in [0.5, 0.6) is 0 Å². The molecule has 3 aromatic carbocycles. The smallest absolute Gasteiger partial charge is 0.279 e. The van der Waals surface area contributed by atoms with Crippen LogP contribution in [-0.4, -0.2) is 22.5 Å². The highest BCUT2D eigenvalue weighted by molar-refractivity contribution is 5.97. The van der Waals surface area contributed by atoms with Crippen molar-refractivity contribution in [3.63, 3.8) is 0 Å². The van der Waals surface area contributed by atoms with Crippen molar-refractivity contribution in [3.8, 4) is 16.8 Å². The van der Waals surface area contributed by atoms with E-state index in [0.29, 0.717) is 0 Å². The average molecular weight is 369 g/mol. The number of nitrogens with zero attached hydrogens (tertiary/aromatic N) is 3. The third-order valence-electron chi connectivity index (χ3n) is 5.71. The van der Waals surface area contributed by atoms with E-state index in [9.17, 15) is 4.79 Å². The van der Waals surface area contributed by atoms with E-state index in [1.807, 2.05) is 60.3 Å². The van der Waals surface area contributed by atoms with Gasteiger partial charge in [0.1, 0.15) is 0 Å². The van der Waals surface area contributed by atoms with Crippen LogP contribution in [0.1, 0.15) is 12.8 Å². The Bertz CT molecular complexity index is 1180. The number of hydrogen-bond donors (Lipinski definition) is 0. The molecule has 0 aliphatic carbocycles. The lowest BCUT2D eigenvalue weighted by Crippen LogP contribution is -2.19. The highest BCUT2D eigenvalue weighted by Gasteiger charge is 2.21. The maximum atomic E-state index is 13.5. The summed E-state index contributed by atoms with van der Waals surface area (Å²) in [6.07, 6.45) is 2.45. The van der Waals surface area contributed by atoms with Crippen LogP contribution in [0.25, 0.3) is 27.7 Å². The van der Waals surface area contributed by atoms with Crippen molar-refractivity contribution < 1.29 is 0 Å². The van der Waals surface area contributed by atoms with Gasteiger partial charge < -0.3 is 4.90 Å². The van der Waals surface area contributed by atoms with Crippen LogP contribution < -0.4 is 10.5 Å². The minimum Gasteiger partial charge on any atom is -0.371 e. The predicted molar refractivity (Wildman–Crippen MR) is 115 cm³/mol. The van der Waals surface area contributed by atoms with Gasteiger partial charge in [-0.1, -0.05) is 48.5 Å². The van der Waals surface area contributed by atoms with E-state index >= 15 is 0 Å². The van der Waals surface area contributed by atoms with Crippen molar-refractivity contribution in [3.05, 3.63) is 83.2 Å². The third kappa shape index (κ3) is 2.64. The Morgan fingerprint density at radius 2 is 1.43 bits per heavy atom. The zero-order valence-corrected chi connectivity index (χ0v) is 16.0. The zero-order valence-electron chi connectivity index (χ0n) is 16.0. The molecule has 28 heavy (non-hydrogen) atoms. The largest absolute Gasteiger partial charge is 0.371 e. The Hall–Kier alpha value is -3.27. The van der Waals surface area contributed by atoms with E-state index in [1.54, 1.807) is 4.68 Å². The summed E-state index contributed by atoms with van der Waals surface area (Å²) in [6, 6.07) is 24.5. The first-order chi connectivity index (χ1) is 13.7. The topological polar surface area (TPSA) is 30.2 Å². The SMILES string of the molecule is Cn1c2cc(N3CCCC3)cc(-c3ccccc3)c2c(=O)n1-c1ccccc1. The average Bonchev–Trinajstić information content (AvgIpc) is 3.36. The summed E-state index contributed by atoms with van der Waals surface area (Å²) >= 11 is 0. The van der Waals surface area contributed by atoms with Gasteiger partial charge in [-0.15, -0.1) is 0 Å². The molecule has 1 fully saturated rings. The first-order valence-electron chi connectivity index (χ1n) is 9.85. The van der Waals surface area contributed by atoms with E-state index < -0.39 is 0 Å². The molecule has 4 aromatic rings. The van der Waals surface area contributed by atoms with Crippen LogP contribution in [0.4, 0.5) is 5.69 Å². The second-order valence-corrected chi connectivity index (χ2v) is 7.42. The Kier molecular flexibility index (Phi) is 4.05. The fourth-order valence-electron chi connectivity index (χ4n) is 4.30. The monoisotopic (exact) mass is 369 g/mol. The van der Waals surface area contributed by atoms with Gasteiger partial charge in [0.25, 0.3) is 5.56 Å². The van der Waals surface area contributed by atoms with Gasteiger partial charge >= 0.3 is 0 Å². The summed E-state index contributed by atoms with van der Waals surface area (Å²) < 4.78 is 3.75. The van der Waals surface area contributed by atoms with Gasteiger partial charge in [0.15, 0.2) is 0 Å². The summed E-state index contributed by atoms with van der Waals surface area (Å²) in [6.45, 7) is 2.15. The van der Waals surface area contributed by atoms with Gasteiger partial charge in [-0.25, -0.2) is 4.68 Å². The highest BCUT2D eigenvalue weighted by atomic mass is 16.1. The minimum atomic E-state index is 0.0236. The van der Waals surface area contributed by atoms with Crippen molar-refractivity contribution in [2.45, 2.75) is 12.8 Å². The molecule has 1 aromatic heterocycles. The number of rotatable bonds is 3. The lowest BCUT2D eigenvalue weighted by Gasteiger charge is -2.19. The van der Waals surface area contributed by atoms with Crippen molar-refractivity contribution in [2.24, 2.45) is 7.05 Å². The van der Waals surface area contributed by atoms with Crippen molar-refractivity contribution in [1.29, 1.82) is 0 Å². The van der Waals surface area contributed by atoms with Crippen LogP contribution in [0.3, 0.4) is 0 Å². The molecule has 0 bridgehead atoms. The van der Waals surface area contributed by atoms with E-state index in [2.05, 4.69) is 29.2 Å². The van der Waals surface area contributed by atoms with Crippen LogP contribution in [0, 0.1) is 0 Å². The van der Waals surface area contributed by atoms with E-state index in [1.165, 1.54) is 18.5 Å². The standard InChI is InChI=1S/C24H23N3O/c1-25-22-17-20(26-14-8-9-15-26)16-21(18-10-4-2-5-11-18)23(22)24(28)27(25)19-12-6-3-7-13-19/h2-7,10-13,16-17H,8-9,14-15H2,1H3. The molecule has 1 saturated heterocycles. The number of fused-ring (bicyclic) bond motifs is 1. The molecule has 4 nitrogen and oxygen atoms in total. The molecule has 2 heterocycles. The Morgan fingerprint density at radius 1 is 0.786 bits per heavy atom. The molecule has 0 unspecified atom stereocenters. The van der Waals surface area contributed by atoms with Crippen molar-refractivity contribution in [2.75, 3.05) is 18.0 Å². The molecule has 0 N–H and O–H groups in total. The highest BCUT2D eigenvalue weighted by Crippen LogP contribution is 2.33. The quantitative estimate of drug-likeness (QED) is 0.528. The lowest BCUT2D eigenvalue weighted by molar-refractivity contribution is 0.666. The first kappa shape index (κ1) is 16.9. The molecule has 1 aliphatic rings. The van der Waals surface area contributed by atoms with Crippen LogP contribution >= 0.6 is 0 Å². The van der Waals surface area contributed by atoms with Gasteiger partial charge in [-0.2, -0.15) is 0 Å². The maximum Gasteiger partial charge on any atom is 0.279 e. The predicted octanol–water partition coefficient (Wildman–Crippen LogP) is 4.60. The Labute approximate surface area is 164 Å². The number of benzene rings is 3. The first-order valence-corrected chi connectivity index (χ1v) is 9.85. The fourth-order valence-corrected chi connectivity index (χ4v) is 4.30. The summed E-state index contributed by atoms with van der Waals surface area (Å²) in [7, 11) is 1.97. The molecule has 0 amide bonds. The molecule has 0 radical (unpaired) electrons. The second-order valence-electron chi connectivity index (χ2n) is 7.42. The fraction of sp³-hybridized carbons (Fsp3) is 0.208. The Balaban J connectivity index is 1.84. The van der Waals surface area contributed by atoms with Crippen molar-refractivity contribution >= 4 is 16.6 Å². The Morgan fingerprint density at radius 3 is 2.11 bits per heavy atom. The lowest BCUT2D eigenvalue weighted by atomic mass is 10.0. The molecular formula is C24H23N3O. The number of aryl methyl sites for hydroxylation is 1. The molecule has 0 spiro atoms. The molecule has 1 aliphatic heterocycles. The summed E-state index contributed by atoms with van der Waals surface area (Å²) in [5.74, 6) is 0. The molecule has 0 atom stereocenters. The van der Waals surface area contributed by atoms with Gasteiger partial charge in [-0.3, -0.25) is 9.48 Å². The van der Waals surface area contributed by atoms with Crippen LogP contribution in [0.2, 0.25) is 0 Å². The zero-order chi connectivity index (χ0) is 19.1. The van der Waals surface area contributed by atoms with E-state index in [0.717, 1.165) is 40.8 Å². The second kappa shape index (κ2) is 6.71. The van der Waals surface area contributed by atoms with Gasteiger partial charge in [-0.05, 0) is 48.2 Å². The van der Waals surface area contributed by atoms with E-state index in [4.69, 9.17) is 0 Å². The molecule has 140 valence electrons. The summed E-state index contributed by atoms with van der Waals surface area (Å²) in [4.78, 5) is 15.9. The number of anilines is 1. The van der Waals surface area contributed by atoms with Crippen LogP contribution in [-0.2, 0) is 7.05 Å². The normalized spacial score (nSPS) is 14.1. The summed E-state index contributed by atoms with van der Waals surface area (Å²) in [5.41, 5.74) is 5.16. The van der Waals surface area contributed by atoms with Gasteiger partial charge in [0, 0.05) is 25.8 Å². The van der Waals surface area contributed by atoms with Crippen LogP contribution in [0.15, 0.2) is 77.6 Å². The third-order valence-corrected chi connectivity index (χ3v) is 5.71. The van der Waals surface area contributed by atoms with Crippen molar-refractivity contribution in [1.82, 2.24) is 9.36 Å². The van der Waals surface area contributed by atoms with Gasteiger partial charge in [0.05, 0.1) is 16.6 Å². The molecular weight excluding hydrogens is 346 g/mol.